The smallest absolute Gasteiger partial charge is 0.129 e. The maximum absolute atomic E-state index is 5.73. The molecule has 2 rings (SSSR count). The summed E-state index contributed by atoms with van der Waals surface area (Å²) in [4.78, 5) is 6.46. The molecule has 0 spiro atoms. The normalized spacial score (nSPS) is 22.3. The Balaban J connectivity index is 2.20. The lowest BCUT2D eigenvalue weighted by molar-refractivity contribution is 0.734. The van der Waals surface area contributed by atoms with E-state index in [9.17, 15) is 0 Å². The van der Waals surface area contributed by atoms with Crippen molar-refractivity contribution in [3.63, 3.8) is 0 Å². The number of hydrogen-bond donors (Lipinski definition) is 0. The molecule has 1 unspecified atom stereocenters. The minimum absolute atomic E-state index is 0.565. The lowest BCUT2D eigenvalue weighted by Crippen LogP contribution is -2.26. The van der Waals surface area contributed by atoms with Gasteiger partial charge in [0.2, 0.25) is 0 Å². The van der Waals surface area contributed by atoms with E-state index in [1.165, 1.54) is 18.5 Å². The largest absolute Gasteiger partial charge is 0.368 e. The van der Waals surface area contributed by atoms with Crippen LogP contribution in [0.3, 0.4) is 0 Å². The number of rotatable bonds is 1. The van der Waals surface area contributed by atoms with Crippen LogP contribution in [0.25, 0.3) is 0 Å². The summed E-state index contributed by atoms with van der Waals surface area (Å²) in [5.74, 6) is 0. The van der Waals surface area contributed by atoms with E-state index >= 15 is 0 Å². The first kappa shape index (κ1) is 8.82. The molecule has 0 aliphatic carbocycles. The molecule has 1 fully saturated rings. The van der Waals surface area contributed by atoms with Gasteiger partial charge in [-0.3, -0.25) is 0 Å². The molecule has 1 aromatic heterocycles. The van der Waals surface area contributed by atoms with E-state index in [1.807, 2.05) is 18.3 Å². The third-order valence-corrected chi connectivity index (χ3v) is 2.82. The van der Waals surface area contributed by atoms with Gasteiger partial charge in [-0.2, -0.15) is 0 Å². The minimum atomic E-state index is 0.565. The maximum Gasteiger partial charge on any atom is 0.129 e. The molecule has 0 amide bonds. The van der Waals surface area contributed by atoms with Crippen LogP contribution in [0.5, 0.6) is 0 Å². The molecular weight excluding hydrogens is 184 g/mol. The van der Waals surface area contributed by atoms with E-state index in [-0.39, 0.29) is 0 Å². The fraction of sp³-hybridized carbons (Fsp3) is 0.500. The monoisotopic (exact) mass is 196 g/mol. The van der Waals surface area contributed by atoms with Crippen LogP contribution >= 0.6 is 11.6 Å². The zero-order valence-corrected chi connectivity index (χ0v) is 8.46. The van der Waals surface area contributed by atoms with Crippen LogP contribution in [0, 0.1) is 0 Å². The van der Waals surface area contributed by atoms with Crippen molar-refractivity contribution in [2.24, 2.45) is 0 Å². The molecule has 70 valence electrons. The standard InChI is InChI=1S/C10H13ClN2/c1-8-3-2-6-13(8)9-4-5-10(11)12-7-9/h4-5,7-8H,2-3,6H2,1H3. The van der Waals surface area contributed by atoms with E-state index in [0.717, 1.165) is 6.54 Å². The van der Waals surface area contributed by atoms with Gasteiger partial charge in [-0.1, -0.05) is 11.6 Å². The minimum Gasteiger partial charge on any atom is -0.368 e. The highest BCUT2D eigenvalue weighted by molar-refractivity contribution is 6.29. The van der Waals surface area contributed by atoms with Crippen molar-refractivity contribution in [2.45, 2.75) is 25.8 Å². The fourth-order valence-corrected chi connectivity index (χ4v) is 1.97. The van der Waals surface area contributed by atoms with Gasteiger partial charge in [-0.15, -0.1) is 0 Å². The first-order valence-electron chi connectivity index (χ1n) is 4.65. The van der Waals surface area contributed by atoms with Crippen LogP contribution in [0.15, 0.2) is 18.3 Å². The Morgan fingerprint density at radius 2 is 2.38 bits per heavy atom. The Hall–Kier alpha value is -0.760. The van der Waals surface area contributed by atoms with E-state index in [4.69, 9.17) is 11.6 Å². The number of hydrogen-bond acceptors (Lipinski definition) is 2. The van der Waals surface area contributed by atoms with Crippen LogP contribution in [0.2, 0.25) is 5.15 Å². The Labute approximate surface area is 83.5 Å². The van der Waals surface area contributed by atoms with E-state index in [0.29, 0.717) is 11.2 Å². The molecule has 0 aromatic carbocycles. The number of aromatic nitrogens is 1. The van der Waals surface area contributed by atoms with Gasteiger partial charge in [-0.25, -0.2) is 4.98 Å². The van der Waals surface area contributed by atoms with E-state index < -0.39 is 0 Å². The molecule has 1 aromatic rings. The van der Waals surface area contributed by atoms with Crippen molar-refractivity contribution in [3.8, 4) is 0 Å². The van der Waals surface area contributed by atoms with Crippen LogP contribution in [-0.2, 0) is 0 Å². The molecule has 1 aliphatic rings. The van der Waals surface area contributed by atoms with Gasteiger partial charge in [0.05, 0.1) is 11.9 Å². The highest BCUT2D eigenvalue weighted by Crippen LogP contribution is 2.24. The van der Waals surface area contributed by atoms with E-state index in [1.54, 1.807) is 0 Å². The summed E-state index contributed by atoms with van der Waals surface area (Å²) < 4.78 is 0. The van der Waals surface area contributed by atoms with Gasteiger partial charge in [0.25, 0.3) is 0 Å². The zero-order chi connectivity index (χ0) is 9.26. The van der Waals surface area contributed by atoms with Gasteiger partial charge in [-0.05, 0) is 31.9 Å². The maximum atomic E-state index is 5.73. The Bertz CT molecular complexity index is 283. The predicted molar refractivity (Wildman–Crippen MR) is 55.3 cm³/mol. The quantitative estimate of drug-likeness (QED) is 0.643. The van der Waals surface area contributed by atoms with Gasteiger partial charge < -0.3 is 4.90 Å². The van der Waals surface area contributed by atoms with Crippen LogP contribution in [0.4, 0.5) is 5.69 Å². The van der Waals surface area contributed by atoms with Gasteiger partial charge in [0.1, 0.15) is 5.15 Å². The van der Waals surface area contributed by atoms with Crippen molar-refractivity contribution in [1.29, 1.82) is 0 Å². The Morgan fingerprint density at radius 1 is 1.54 bits per heavy atom. The van der Waals surface area contributed by atoms with Crippen molar-refractivity contribution in [3.05, 3.63) is 23.5 Å². The molecular formula is C10H13ClN2. The highest BCUT2D eigenvalue weighted by Gasteiger charge is 2.20. The highest BCUT2D eigenvalue weighted by atomic mass is 35.5. The summed E-state index contributed by atoms with van der Waals surface area (Å²) >= 11 is 5.73. The third kappa shape index (κ3) is 1.78. The molecule has 1 aliphatic heterocycles. The first-order chi connectivity index (χ1) is 6.27. The molecule has 2 heterocycles. The lowest BCUT2D eigenvalue weighted by atomic mass is 10.2. The molecule has 0 bridgehead atoms. The molecule has 0 radical (unpaired) electrons. The van der Waals surface area contributed by atoms with Crippen LogP contribution in [0.1, 0.15) is 19.8 Å². The SMILES string of the molecule is CC1CCCN1c1ccc(Cl)nc1. The van der Waals surface area contributed by atoms with E-state index in [2.05, 4.69) is 16.8 Å². The van der Waals surface area contributed by atoms with Crippen molar-refractivity contribution in [1.82, 2.24) is 4.98 Å². The predicted octanol–water partition coefficient (Wildman–Crippen LogP) is 2.72. The summed E-state index contributed by atoms with van der Waals surface area (Å²) in [5, 5.41) is 0.565. The Kier molecular flexibility index (Phi) is 2.40. The van der Waals surface area contributed by atoms with Crippen LogP contribution < -0.4 is 4.90 Å². The zero-order valence-electron chi connectivity index (χ0n) is 7.70. The lowest BCUT2D eigenvalue weighted by Gasteiger charge is -2.23. The summed E-state index contributed by atoms with van der Waals surface area (Å²) in [5.41, 5.74) is 1.19. The number of nitrogens with zero attached hydrogens (tertiary/aromatic N) is 2. The van der Waals surface area contributed by atoms with Gasteiger partial charge >= 0.3 is 0 Å². The molecule has 0 N–H and O–H groups in total. The van der Waals surface area contributed by atoms with Gasteiger partial charge in [0.15, 0.2) is 0 Å². The molecule has 0 saturated carbocycles. The van der Waals surface area contributed by atoms with Crippen molar-refractivity contribution < 1.29 is 0 Å². The summed E-state index contributed by atoms with van der Waals surface area (Å²) in [6.45, 7) is 3.39. The molecule has 2 nitrogen and oxygen atoms in total. The average Bonchev–Trinajstić information content (AvgIpc) is 2.53. The number of pyridine rings is 1. The summed E-state index contributed by atoms with van der Waals surface area (Å²) in [7, 11) is 0. The fourth-order valence-electron chi connectivity index (χ4n) is 1.85. The van der Waals surface area contributed by atoms with Crippen LogP contribution in [-0.4, -0.2) is 17.6 Å². The first-order valence-corrected chi connectivity index (χ1v) is 5.03. The van der Waals surface area contributed by atoms with Crippen molar-refractivity contribution in [2.75, 3.05) is 11.4 Å². The van der Waals surface area contributed by atoms with Crippen molar-refractivity contribution >= 4 is 17.3 Å². The number of anilines is 1. The average molecular weight is 197 g/mol. The Morgan fingerprint density at radius 3 is 2.92 bits per heavy atom. The topological polar surface area (TPSA) is 16.1 Å². The molecule has 1 saturated heterocycles. The second-order valence-electron chi connectivity index (χ2n) is 3.52. The third-order valence-electron chi connectivity index (χ3n) is 2.60. The molecule has 3 heteroatoms. The second-order valence-corrected chi connectivity index (χ2v) is 3.91. The molecule has 1 atom stereocenters. The molecule has 13 heavy (non-hydrogen) atoms. The number of halogens is 1. The second kappa shape index (κ2) is 3.54. The summed E-state index contributed by atoms with van der Waals surface area (Å²) in [6.07, 6.45) is 4.41. The van der Waals surface area contributed by atoms with Gasteiger partial charge in [0, 0.05) is 12.6 Å². The summed E-state index contributed by atoms with van der Waals surface area (Å²) in [6, 6.07) is 4.53.